The van der Waals surface area contributed by atoms with E-state index in [1.54, 1.807) is 30.3 Å². The third kappa shape index (κ3) is 2.47. The fourth-order valence-electron chi connectivity index (χ4n) is 1.63. The van der Waals surface area contributed by atoms with Gasteiger partial charge in [-0.1, -0.05) is 30.3 Å². The van der Waals surface area contributed by atoms with Gasteiger partial charge < -0.3 is 0 Å². The van der Waals surface area contributed by atoms with E-state index in [0.29, 0.717) is 15.9 Å². The molecule has 2 rings (SSSR count). The lowest BCUT2D eigenvalue weighted by atomic mass is 10.1. The molecular formula is C9H5Cl5OSi2. The molecule has 0 aliphatic carbocycles. The van der Waals surface area contributed by atoms with Crippen LogP contribution in [0, 0.1) is 0 Å². The third-order valence-electron chi connectivity index (χ3n) is 2.43. The van der Waals surface area contributed by atoms with Gasteiger partial charge in [-0.3, -0.25) is 4.79 Å². The molecule has 1 heterocycles. The van der Waals surface area contributed by atoms with Crippen molar-refractivity contribution in [3.05, 3.63) is 40.2 Å². The van der Waals surface area contributed by atoms with Crippen molar-refractivity contribution in [2.75, 3.05) is 0 Å². The first kappa shape index (κ1) is 13.9. The number of benzene rings is 1. The summed E-state index contributed by atoms with van der Waals surface area (Å²) in [4.78, 5) is 12.5. The summed E-state index contributed by atoms with van der Waals surface area (Å²) in [5.74, 6) is 0. The minimum Gasteiger partial charge on any atom is -0.296 e. The molecule has 90 valence electrons. The number of rotatable bonds is 1. The molecule has 1 aromatic rings. The lowest BCUT2D eigenvalue weighted by molar-refractivity contribution is 0.107. The minimum atomic E-state index is -3.38. The second-order valence-electron chi connectivity index (χ2n) is 3.55. The first-order valence-corrected chi connectivity index (χ1v) is 13.6. The van der Waals surface area contributed by atoms with E-state index in [1.807, 2.05) is 0 Å². The van der Waals surface area contributed by atoms with Crippen molar-refractivity contribution < 1.29 is 4.79 Å². The topological polar surface area (TPSA) is 17.1 Å². The van der Waals surface area contributed by atoms with E-state index < -0.39 is 12.7 Å². The summed E-state index contributed by atoms with van der Waals surface area (Å²) >= 11 is 30.2. The van der Waals surface area contributed by atoms with E-state index in [9.17, 15) is 4.79 Å². The molecule has 0 radical (unpaired) electrons. The van der Waals surface area contributed by atoms with Crippen molar-refractivity contribution in [1.29, 1.82) is 0 Å². The van der Waals surface area contributed by atoms with E-state index in [0.717, 1.165) is 0 Å². The Hall–Kier alpha value is 0.514. The SMILES string of the molecule is O=C1c2ccccc2C=C([Si](Cl)(Cl)Cl)[Si]1(Cl)Cl. The zero-order valence-electron chi connectivity index (χ0n) is 8.18. The summed E-state index contributed by atoms with van der Waals surface area (Å²) in [5.41, 5.74) is 1.20. The van der Waals surface area contributed by atoms with Crippen molar-refractivity contribution in [2.24, 2.45) is 0 Å². The van der Waals surface area contributed by atoms with Crippen LogP contribution in [-0.2, 0) is 0 Å². The fourth-order valence-corrected chi connectivity index (χ4v) is 15.3. The molecule has 8 heteroatoms. The Morgan fingerprint density at radius 3 is 2.24 bits per heavy atom. The normalized spacial score (nSPS) is 18.6. The van der Waals surface area contributed by atoms with Crippen molar-refractivity contribution in [1.82, 2.24) is 0 Å². The van der Waals surface area contributed by atoms with Crippen molar-refractivity contribution in [3.8, 4) is 0 Å². The summed E-state index contributed by atoms with van der Waals surface area (Å²) < 4.78 is 0. The summed E-state index contributed by atoms with van der Waals surface area (Å²) in [5, 5.41) is -0.312. The predicted octanol–water partition coefficient (Wildman–Crippen LogP) is 4.46. The first-order valence-electron chi connectivity index (χ1n) is 4.55. The molecule has 0 amide bonds. The average molecular weight is 363 g/mol. The van der Waals surface area contributed by atoms with Crippen LogP contribution in [0.15, 0.2) is 29.1 Å². The van der Waals surface area contributed by atoms with Gasteiger partial charge in [0.2, 0.25) is 0 Å². The zero-order chi connectivity index (χ0) is 12.8. The van der Waals surface area contributed by atoms with Gasteiger partial charge in [-0.05, 0) is 10.4 Å². The Kier molecular flexibility index (Phi) is 3.74. The van der Waals surface area contributed by atoms with Crippen LogP contribution in [0.4, 0.5) is 0 Å². The van der Waals surface area contributed by atoms with E-state index in [1.165, 1.54) is 0 Å². The monoisotopic (exact) mass is 360 g/mol. The third-order valence-corrected chi connectivity index (χ3v) is 13.6. The lowest BCUT2D eigenvalue weighted by Crippen LogP contribution is -2.44. The smallest absolute Gasteiger partial charge is 0.296 e. The molecule has 0 saturated heterocycles. The van der Waals surface area contributed by atoms with Gasteiger partial charge in [0, 0.05) is 5.56 Å². The molecule has 0 N–H and O–H groups in total. The molecule has 17 heavy (non-hydrogen) atoms. The molecule has 0 bridgehead atoms. The average Bonchev–Trinajstić information content (AvgIpc) is 2.22. The molecule has 0 spiro atoms. The van der Waals surface area contributed by atoms with Gasteiger partial charge in [-0.25, -0.2) is 0 Å². The molecule has 0 saturated carbocycles. The highest BCUT2D eigenvalue weighted by molar-refractivity contribution is 7.77. The summed E-state index contributed by atoms with van der Waals surface area (Å²) in [6.07, 6.45) is 1.65. The zero-order valence-corrected chi connectivity index (χ0v) is 14.0. The van der Waals surface area contributed by atoms with Gasteiger partial charge in [0.15, 0.2) is 5.41 Å². The number of fused-ring (bicyclic) bond motifs is 1. The second-order valence-corrected chi connectivity index (χ2v) is 18.5. The van der Waals surface area contributed by atoms with Gasteiger partial charge in [-0.2, -0.15) is 0 Å². The molecule has 0 aromatic heterocycles. The maximum atomic E-state index is 12.2. The number of carbonyl (C=O) groups excluding carboxylic acids is 1. The Morgan fingerprint density at radius 1 is 1.06 bits per heavy atom. The second kappa shape index (κ2) is 4.56. The van der Waals surface area contributed by atoms with E-state index in [-0.39, 0.29) is 5.41 Å². The molecule has 0 atom stereocenters. The minimum absolute atomic E-state index is 0.312. The van der Waals surface area contributed by atoms with Crippen LogP contribution in [0.3, 0.4) is 0 Å². The highest BCUT2D eigenvalue weighted by Crippen LogP contribution is 2.44. The Bertz CT molecular complexity index is 520. The number of hydrogen-bond acceptors (Lipinski definition) is 1. The quantitative estimate of drug-likeness (QED) is 0.532. The predicted molar refractivity (Wildman–Crippen MR) is 79.5 cm³/mol. The molecule has 1 nitrogen and oxygen atoms in total. The first-order chi connectivity index (χ1) is 7.74. The Morgan fingerprint density at radius 2 is 1.65 bits per heavy atom. The number of halogens is 5. The van der Waals surface area contributed by atoms with E-state index in [4.69, 9.17) is 55.4 Å². The van der Waals surface area contributed by atoms with Crippen LogP contribution >= 0.6 is 55.4 Å². The molecule has 1 aliphatic heterocycles. The number of carbonyl (C=O) groups is 1. The van der Waals surface area contributed by atoms with Crippen molar-refractivity contribution >= 4 is 79.6 Å². The largest absolute Gasteiger partial charge is 0.367 e. The van der Waals surface area contributed by atoms with Crippen LogP contribution in [0.5, 0.6) is 0 Å². The molecule has 0 fully saturated rings. The van der Waals surface area contributed by atoms with Crippen molar-refractivity contribution in [2.45, 2.75) is 0 Å². The van der Waals surface area contributed by atoms with Crippen LogP contribution in [0.2, 0.25) is 0 Å². The standard InChI is InChI=1S/C9H5Cl5OSi2/c10-16(11)8(17(12,13)14)5-6-3-1-2-4-7(6)9(16)15/h1-5H. The fraction of sp³-hybridized carbons (Fsp3) is 0. The van der Waals surface area contributed by atoms with Gasteiger partial charge in [0.1, 0.15) is 0 Å². The molecule has 1 aromatic carbocycles. The Balaban J connectivity index is 2.70. The Labute approximate surface area is 124 Å². The molecule has 1 aliphatic rings. The molecular weight excluding hydrogens is 358 g/mol. The van der Waals surface area contributed by atoms with Gasteiger partial charge in [0.25, 0.3) is 0 Å². The summed E-state index contributed by atoms with van der Waals surface area (Å²) in [7, 11) is 0. The van der Waals surface area contributed by atoms with Gasteiger partial charge >= 0.3 is 12.7 Å². The van der Waals surface area contributed by atoms with Crippen LogP contribution in [0.25, 0.3) is 6.08 Å². The lowest BCUT2D eigenvalue weighted by Gasteiger charge is -2.27. The van der Waals surface area contributed by atoms with Crippen LogP contribution < -0.4 is 0 Å². The maximum Gasteiger partial charge on any atom is 0.367 e. The molecule has 0 unspecified atom stereocenters. The van der Waals surface area contributed by atoms with Gasteiger partial charge in [0.05, 0.1) is 0 Å². The van der Waals surface area contributed by atoms with Crippen LogP contribution in [-0.4, -0.2) is 18.1 Å². The summed E-state index contributed by atoms with van der Waals surface area (Å²) in [6.45, 7) is -3.38. The summed E-state index contributed by atoms with van der Waals surface area (Å²) in [6, 6.07) is 3.76. The van der Waals surface area contributed by atoms with Crippen molar-refractivity contribution in [3.63, 3.8) is 0 Å². The van der Waals surface area contributed by atoms with Gasteiger partial charge in [-0.15, -0.1) is 55.4 Å². The number of hydrogen-bond donors (Lipinski definition) is 0. The maximum absolute atomic E-state index is 12.2. The van der Waals surface area contributed by atoms with E-state index in [2.05, 4.69) is 0 Å². The van der Waals surface area contributed by atoms with E-state index >= 15 is 0 Å². The van der Waals surface area contributed by atoms with Crippen LogP contribution in [0.1, 0.15) is 15.9 Å². The highest BCUT2D eigenvalue weighted by atomic mass is 35.8. The highest BCUT2D eigenvalue weighted by Gasteiger charge is 2.54.